The summed E-state index contributed by atoms with van der Waals surface area (Å²) in [4.78, 5) is 14.3. The van der Waals surface area contributed by atoms with Gasteiger partial charge in [-0.15, -0.1) is 12.4 Å². The van der Waals surface area contributed by atoms with E-state index in [-0.39, 0.29) is 24.4 Å². The number of ether oxygens (including phenoxy) is 1. The Morgan fingerprint density at radius 2 is 1.86 bits per heavy atom. The largest absolute Gasteiger partial charge is 0.494 e. The van der Waals surface area contributed by atoms with E-state index in [1.807, 2.05) is 29.2 Å². The van der Waals surface area contributed by atoms with Gasteiger partial charge in [-0.05, 0) is 49.4 Å². The van der Waals surface area contributed by atoms with Crippen molar-refractivity contribution in [2.24, 2.45) is 11.7 Å². The molecule has 22 heavy (non-hydrogen) atoms. The van der Waals surface area contributed by atoms with E-state index >= 15 is 0 Å². The number of carbonyl (C=O) groups excluding carboxylic acids is 1. The highest BCUT2D eigenvalue weighted by molar-refractivity contribution is 5.94. The molecular weight excluding hydrogens is 300 g/mol. The van der Waals surface area contributed by atoms with Gasteiger partial charge in [0.05, 0.1) is 6.61 Å². The van der Waals surface area contributed by atoms with Gasteiger partial charge in [-0.3, -0.25) is 4.79 Å². The normalized spacial score (nSPS) is 15.5. The molecule has 0 unspecified atom stereocenters. The van der Waals surface area contributed by atoms with E-state index in [0.29, 0.717) is 5.92 Å². The molecule has 1 fully saturated rings. The SMILES string of the molecule is CC(C)CCOc1ccc(C(=O)N2CCC(N)CC2)cc1.Cl. The Balaban J connectivity index is 0.00000242. The van der Waals surface area contributed by atoms with Crippen LogP contribution in [0, 0.1) is 5.92 Å². The maximum Gasteiger partial charge on any atom is 0.253 e. The highest BCUT2D eigenvalue weighted by atomic mass is 35.5. The summed E-state index contributed by atoms with van der Waals surface area (Å²) in [5, 5.41) is 0. The van der Waals surface area contributed by atoms with Gasteiger partial charge in [0, 0.05) is 24.7 Å². The van der Waals surface area contributed by atoms with E-state index < -0.39 is 0 Å². The van der Waals surface area contributed by atoms with Gasteiger partial charge in [0.25, 0.3) is 5.91 Å². The first kappa shape index (κ1) is 18.8. The molecule has 5 heteroatoms. The zero-order valence-electron chi connectivity index (χ0n) is 13.5. The zero-order valence-corrected chi connectivity index (χ0v) is 14.3. The van der Waals surface area contributed by atoms with Crippen molar-refractivity contribution < 1.29 is 9.53 Å². The summed E-state index contributed by atoms with van der Waals surface area (Å²) in [6.45, 7) is 6.58. The Kier molecular flexibility index (Phi) is 7.69. The van der Waals surface area contributed by atoms with Crippen molar-refractivity contribution in [2.45, 2.75) is 39.2 Å². The topological polar surface area (TPSA) is 55.6 Å². The molecule has 1 amide bonds. The van der Waals surface area contributed by atoms with Gasteiger partial charge >= 0.3 is 0 Å². The summed E-state index contributed by atoms with van der Waals surface area (Å²) in [6, 6.07) is 7.70. The van der Waals surface area contributed by atoms with Crippen LogP contribution in [0.2, 0.25) is 0 Å². The summed E-state index contributed by atoms with van der Waals surface area (Å²) < 4.78 is 5.67. The summed E-state index contributed by atoms with van der Waals surface area (Å²) in [5.41, 5.74) is 6.59. The lowest BCUT2D eigenvalue weighted by Gasteiger charge is -2.30. The first-order valence-corrected chi connectivity index (χ1v) is 7.84. The number of halogens is 1. The number of hydrogen-bond donors (Lipinski definition) is 1. The number of hydrogen-bond acceptors (Lipinski definition) is 3. The van der Waals surface area contributed by atoms with Crippen molar-refractivity contribution in [3.63, 3.8) is 0 Å². The summed E-state index contributed by atoms with van der Waals surface area (Å²) in [5.74, 6) is 1.56. The average molecular weight is 327 g/mol. The third-order valence-electron chi connectivity index (χ3n) is 3.89. The van der Waals surface area contributed by atoms with Crippen molar-refractivity contribution in [2.75, 3.05) is 19.7 Å². The lowest BCUT2D eigenvalue weighted by molar-refractivity contribution is 0.0714. The van der Waals surface area contributed by atoms with Gasteiger partial charge in [-0.1, -0.05) is 13.8 Å². The smallest absolute Gasteiger partial charge is 0.253 e. The minimum Gasteiger partial charge on any atom is -0.494 e. The Hall–Kier alpha value is -1.26. The monoisotopic (exact) mass is 326 g/mol. The van der Waals surface area contributed by atoms with Crippen LogP contribution in [0.3, 0.4) is 0 Å². The van der Waals surface area contributed by atoms with Crippen LogP contribution in [0.4, 0.5) is 0 Å². The van der Waals surface area contributed by atoms with Gasteiger partial charge in [-0.2, -0.15) is 0 Å². The minimum absolute atomic E-state index is 0. The Morgan fingerprint density at radius 1 is 1.27 bits per heavy atom. The molecule has 2 N–H and O–H groups in total. The molecule has 0 bridgehead atoms. The molecule has 1 saturated heterocycles. The van der Waals surface area contributed by atoms with E-state index in [2.05, 4.69) is 13.8 Å². The fourth-order valence-electron chi connectivity index (χ4n) is 2.39. The number of amides is 1. The van der Waals surface area contributed by atoms with Crippen LogP contribution in [0.15, 0.2) is 24.3 Å². The molecule has 0 saturated carbocycles. The lowest BCUT2D eigenvalue weighted by atomic mass is 10.0. The van der Waals surface area contributed by atoms with Crippen LogP contribution >= 0.6 is 12.4 Å². The molecule has 1 aliphatic heterocycles. The number of rotatable bonds is 5. The first-order valence-electron chi connectivity index (χ1n) is 7.84. The molecule has 1 aliphatic rings. The molecule has 0 atom stereocenters. The molecule has 0 radical (unpaired) electrons. The standard InChI is InChI=1S/C17H26N2O2.ClH/c1-13(2)9-12-21-16-5-3-14(4-6-16)17(20)19-10-7-15(18)8-11-19;/h3-6,13,15H,7-12,18H2,1-2H3;1H. The van der Waals surface area contributed by atoms with Crippen LogP contribution in [-0.4, -0.2) is 36.5 Å². The maximum atomic E-state index is 12.4. The summed E-state index contributed by atoms with van der Waals surface area (Å²) in [6.07, 6.45) is 2.82. The maximum absolute atomic E-state index is 12.4. The van der Waals surface area contributed by atoms with E-state index in [1.54, 1.807) is 0 Å². The van der Waals surface area contributed by atoms with Crippen molar-refractivity contribution in [3.8, 4) is 5.75 Å². The number of likely N-dealkylation sites (tertiary alicyclic amines) is 1. The van der Waals surface area contributed by atoms with Crippen molar-refractivity contribution >= 4 is 18.3 Å². The van der Waals surface area contributed by atoms with Crippen LogP contribution in [0.5, 0.6) is 5.75 Å². The number of nitrogens with two attached hydrogens (primary N) is 1. The van der Waals surface area contributed by atoms with E-state index in [9.17, 15) is 4.79 Å². The molecule has 2 rings (SSSR count). The Labute approximate surface area is 139 Å². The van der Waals surface area contributed by atoms with Crippen LogP contribution in [0.25, 0.3) is 0 Å². The highest BCUT2D eigenvalue weighted by Gasteiger charge is 2.21. The fourth-order valence-corrected chi connectivity index (χ4v) is 2.39. The molecule has 1 heterocycles. The number of piperidine rings is 1. The molecule has 1 aromatic carbocycles. The van der Waals surface area contributed by atoms with E-state index in [1.165, 1.54) is 0 Å². The van der Waals surface area contributed by atoms with Crippen molar-refractivity contribution in [1.29, 1.82) is 0 Å². The van der Waals surface area contributed by atoms with Gasteiger partial charge < -0.3 is 15.4 Å². The number of nitrogens with zero attached hydrogens (tertiary/aromatic N) is 1. The van der Waals surface area contributed by atoms with Crippen LogP contribution in [-0.2, 0) is 0 Å². The highest BCUT2D eigenvalue weighted by Crippen LogP contribution is 2.17. The number of carbonyl (C=O) groups is 1. The molecular formula is C17H27ClN2O2. The lowest BCUT2D eigenvalue weighted by Crippen LogP contribution is -2.42. The first-order chi connectivity index (χ1) is 10.1. The third-order valence-corrected chi connectivity index (χ3v) is 3.89. The average Bonchev–Trinajstić information content (AvgIpc) is 2.48. The second-order valence-electron chi connectivity index (χ2n) is 6.18. The van der Waals surface area contributed by atoms with Gasteiger partial charge in [0.2, 0.25) is 0 Å². The predicted molar refractivity (Wildman–Crippen MR) is 91.8 cm³/mol. The van der Waals surface area contributed by atoms with Gasteiger partial charge in [0.1, 0.15) is 5.75 Å². The molecule has 0 aliphatic carbocycles. The second kappa shape index (κ2) is 9.01. The van der Waals surface area contributed by atoms with Gasteiger partial charge in [-0.25, -0.2) is 0 Å². The Bertz CT molecular complexity index is 454. The molecule has 1 aromatic rings. The van der Waals surface area contributed by atoms with Crippen molar-refractivity contribution in [1.82, 2.24) is 4.90 Å². The van der Waals surface area contributed by atoms with Crippen molar-refractivity contribution in [3.05, 3.63) is 29.8 Å². The summed E-state index contributed by atoms with van der Waals surface area (Å²) >= 11 is 0. The summed E-state index contributed by atoms with van der Waals surface area (Å²) in [7, 11) is 0. The molecule has 4 nitrogen and oxygen atoms in total. The van der Waals surface area contributed by atoms with Crippen LogP contribution in [0.1, 0.15) is 43.5 Å². The Morgan fingerprint density at radius 3 is 2.41 bits per heavy atom. The minimum atomic E-state index is 0. The predicted octanol–water partition coefficient (Wildman–Crippen LogP) is 3.10. The van der Waals surface area contributed by atoms with Crippen LogP contribution < -0.4 is 10.5 Å². The molecule has 124 valence electrons. The molecule has 0 aromatic heterocycles. The quantitative estimate of drug-likeness (QED) is 0.904. The van der Waals surface area contributed by atoms with Gasteiger partial charge in [0.15, 0.2) is 0 Å². The van der Waals surface area contributed by atoms with E-state index in [4.69, 9.17) is 10.5 Å². The molecule has 0 spiro atoms. The number of benzene rings is 1. The van der Waals surface area contributed by atoms with E-state index in [0.717, 1.165) is 50.3 Å². The second-order valence-corrected chi connectivity index (χ2v) is 6.18. The zero-order chi connectivity index (χ0) is 15.2. The fraction of sp³-hybridized carbons (Fsp3) is 0.588. The third kappa shape index (κ3) is 5.50.